The fourth-order valence-electron chi connectivity index (χ4n) is 2.49. The molecule has 4 heteroatoms. The topological polar surface area (TPSA) is 55.4 Å². The summed E-state index contributed by atoms with van der Waals surface area (Å²) in [5, 5.41) is 2.87. The van der Waals surface area contributed by atoms with Gasteiger partial charge in [0.05, 0.1) is 6.61 Å². The minimum Gasteiger partial charge on any atom is -0.494 e. The highest BCUT2D eigenvalue weighted by molar-refractivity contribution is 6.00. The van der Waals surface area contributed by atoms with Crippen LogP contribution < -0.4 is 10.1 Å². The Labute approximate surface area is 149 Å². The molecular formula is C21H25NO3. The Morgan fingerprint density at radius 1 is 1.00 bits per heavy atom. The van der Waals surface area contributed by atoms with Gasteiger partial charge in [0.25, 0.3) is 0 Å². The van der Waals surface area contributed by atoms with Crippen LogP contribution in [0.15, 0.2) is 42.5 Å². The third-order valence-corrected chi connectivity index (χ3v) is 3.88. The summed E-state index contributed by atoms with van der Waals surface area (Å²) in [4.78, 5) is 24.3. The average Bonchev–Trinajstić information content (AvgIpc) is 2.60. The number of hydrogen-bond acceptors (Lipinski definition) is 3. The fraction of sp³-hybridized carbons (Fsp3) is 0.333. The minimum atomic E-state index is -0.150. The number of amides is 1. The number of rotatable bonds is 8. The maximum Gasteiger partial charge on any atom is 0.224 e. The molecule has 0 saturated heterocycles. The van der Waals surface area contributed by atoms with Gasteiger partial charge >= 0.3 is 0 Å². The third kappa shape index (κ3) is 5.75. The lowest BCUT2D eigenvalue weighted by Crippen LogP contribution is -2.14. The van der Waals surface area contributed by atoms with Crippen molar-refractivity contribution in [3.63, 3.8) is 0 Å². The first-order chi connectivity index (χ1) is 12.0. The number of ketones is 1. The van der Waals surface area contributed by atoms with E-state index < -0.39 is 0 Å². The normalized spacial score (nSPS) is 10.4. The highest BCUT2D eigenvalue weighted by atomic mass is 16.5. The first kappa shape index (κ1) is 18.7. The molecule has 1 amide bonds. The summed E-state index contributed by atoms with van der Waals surface area (Å²) in [7, 11) is 0. The molecule has 0 aliphatic rings. The molecule has 0 aliphatic carbocycles. The van der Waals surface area contributed by atoms with Gasteiger partial charge in [-0.1, -0.05) is 24.6 Å². The molecular weight excluding hydrogens is 314 g/mol. The Morgan fingerprint density at radius 2 is 1.72 bits per heavy atom. The van der Waals surface area contributed by atoms with Gasteiger partial charge in [-0.25, -0.2) is 0 Å². The second-order valence-corrected chi connectivity index (χ2v) is 6.16. The summed E-state index contributed by atoms with van der Waals surface area (Å²) in [6.07, 6.45) is 1.29. The van der Waals surface area contributed by atoms with Crippen LogP contribution in [0.1, 0.15) is 47.7 Å². The first-order valence-electron chi connectivity index (χ1n) is 8.62. The first-order valence-corrected chi connectivity index (χ1v) is 8.62. The van der Waals surface area contributed by atoms with Crippen molar-refractivity contribution < 1.29 is 14.3 Å². The number of Topliss-reactive ketones (excluding diaryl/α,β-unsaturated/α-hetero) is 1. The number of nitrogens with one attached hydrogen (secondary N) is 1. The van der Waals surface area contributed by atoms with E-state index in [0.717, 1.165) is 29.0 Å². The van der Waals surface area contributed by atoms with Crippen molar-refractivity contribution in [2.75, 3.05) is 11.9 Å². The number of anilines is 1. The zero-order chi connectivity index (χ0) is 18.2. The Kier molecular flexibility index (Phi) is 6.75. The van der Waals surface area contributed by atoms with Gasteiger partial charge in [0.1, 0.15) is 5.75 Å². The Bertz CT molecular complexity index is 735. The molecule has 4 nitrogen and oxygen atoms in total. The van der Waals surface area contributed by atoms with E-state index in [1.807, 2.05) is 39.0 Å². The SMILES string of the molecule is CCCOc1ccc(C(=O)CCC(=O)Nc2ccc(C)cc2C)cc1. The monoisotopic (exact) mass is 339 g/mol. The Hall–Kier alpha value is -2.62. The van der Waals surface area contributed by atoms with Crippen LogP contribution in [0.25, 0.3) is 0 Å². The summed E-state index contributed by atoms with van der Waals surface area (Å²) in [5.74, 6) is 0.562. The molecule has 0 heterocycles. The molecule has 2 aromatic rings. The molecule has 25 heavy (non-hydrogen) atoms. The van der Waals surface area contributed by atoms with E-state index in [9.17, 15) is 9.59 Å². The zero-order valence-corrected chi connectivity index (χ0v) is 15.1. The largest absolute Gasteiger partial charge is 0.494 e. The van der Waals surface area contributed by atoms with Crippen LogP contribution in [-0.4, -0.2) is 18.3 Å². The van der Waals surface area contributed by atoms with Crippen molar-refractivity contribution in [2.45, 2.75) is 40.0 Å². The van der Waals surface area contributed by atoms with Crippen molar-refractivity contribution >= 4 is 17.4 Å². The number of carbonyl (C=O) groups excluding carboxylic acids is 2. The molecule has 0 aliphatic heterocycles. The summed E-state index contributed by atoms with van der Waals surface area (Å²) in [5.41, 5.74) is 3.56. The van der Waals surface area contributed by atoms with Crippen LogP contribution >= 0.6 is 0 Å². The number of benzene rings is 2. The van der Waals surface area contributed by atoms with Crippen LogP contribution in [0.3, 0.4) is 0 Å². The predicted octanol–water partition coefficient (Wildman–Crippen LogP) is 4.69. The zero-order valence-electron chi connectivity index (χ0n) is 15.1. The van der Waals surface area contributed by atoms with E-state index in [1.165, 1.54) is 0 Å². The fourth-order valence-corrected chi connectivity index (χ4v) is 2.49. The molecule has 0 saturated carbocycles. The van der Waals surface area contributed by atoms with Gasteiger partial charge in [-0.3, -0.25) is 9.59 Å². The molecule has 0 atom stereocenters. The molecule has 0 aromatic heterocycles. The van der Waals surface area contributed by atoms with Gasteiger partial charge in [-0.15, -0.1) is 0 Å². The molecule has 2 aromatic carbocycles. The van der Waals surface area contributed by atoms with Crippen molar-refractivity contribution in [2.24, 2.45) is 0 Å². The van der Waals surface area contributed by atoms with Crippen LogP contribution in [0, 0.1) is 13.8 Å². The van der Waals surface area contributed by atoms with Gasteiger partial charge in [-0.2, -0.15) is 0 Å². The minimum absolute atomic E-state index is 0.0437. The summed E-state index contributed by atoms with van der Waals surface area (Å²) in [6, 6.07) is 12.9. The van der Waals surface area contributed by atoms with Gasteiger partial charge in [0.2, 0.25) is 5.91 Å². The van der Waals surface area contributed by atoms with E-state index in [-0.39, 0.29) is 24.5 Å². The summed E-state index contributed by atoms with van der Waals surface area (Å²) < 4.78 is 5.50. The van der Waals surface area contributed by atoms with Gasteiger partial charge in [0, 0.05) is 24.1 Å². The molecule has 0 radical (unpaired) electrons. The number of aryl methyl sites for hydroxylation is 2. The third-order valence-electron chi connectivity index (χ3n) is 3.88. The molecule has 1 N–H and O–H groups in total. The van der Waals surface area contributed by atoms with Crippen molar-refractivity contribution in [3.05, 3.63) is 59.2 Å². The van der Waals surface area contributed by atoms with E-state index in [0.29, 0.717) is 12.2 Å². The van der Waals surface area contributed by atoms with Crippen LogP contribution in [0.2, 0.25) is 0 Å². The lowest BCUT2D eigenvalue weighted by atomic mass is 10.1. The quantitative estimate of drug-likeness (QED) is 0.710. The van der Waals surface area contributed by atoms with E-state index >= 15 is 0 Å². The van der Waals surface area contributed by atoms with Gasteiger partial charge in [0.15, 0.2) is 5.78 Å². The van der Waals surface area contributed by atoms with Crippen molar-refractivity contribution in [1.29, 1.82) is 0 Å². The number of ether oxygens (including phenoxy) is 1. The van der Waals surface area contributed by atoms with E-state index in [4.69, 9.17) is 4.74 Å². The lowest BCUT2D eigenvalue weighted by molar-refractivity contribution is -0.116. The van der Waals surface area contributed by atoms with Gasteiger partial charge < -0.3 is 10.1 Å². The van der Waals surface area contributed by atoms with Crippen LogP contribution in [0.4, 0.5) is 5.69 Å². The summed E-state index contributed by atoms with van der Waals surface area (Å²) in [6.45, 7) is 6.67. The van der Waals surface area contributed by atoms with Crippen LogP contribution in [-0.2, 0) is 4.79 Å². The van der Waals surface area contributed by atoms with Crippen molar-refractivity contribution in [3.8, 4) is 5.75 Å². The standard InChI is InChI=1S/C21H25NO3/c1-4-13-25-18-8-6-17(7-9-18)20(23)11-12-21(24)22-19-10-5-15(2)14-16(19)3/h5-10,14H,4,11-13H2,1-3H3,(H,22,24). The maximum atomic E-state index is 12.2. The highest BCUT2D eigenvalue weighted by Gasteiger charge is 2.10. The van der Waals surface area contributed by atoms with E-state index in [1.54, 1.807) is 24.3 Å². The highest BCUT2D eigenvalue weighted by Crippen LogP contribution is 2.17. The molecule has 0 unspecified atom stereocenters. The maximum absolute atomic E-state index is 12.2. The molecule has 2 rings (SSSR count). The van der Waals surface area contributed by atoms with Crippen LogP contribution in [0.5, 0.6) is 5.75 Å². The lowest BCUT2D eigenvalue weighted by Gasteiger charge is -2.09. The Balaban J connectivity index is 1.85. The Morgan fingerprint density at radius 3 is 2.36 bits per heavy atom. The second-order valence-electron chi connectivity index (χ2n) is 6.16. The van der Waals surface area contributed by atoms with Crippen molar-refractivity contribution in [1.82, 2.24) is 0 Å². The smallest absolute Gasteiger partial charge is 0.224 e. The molecule has 0 fully saturated rings. The number of carbonyl (C=O) groups is 2. The second kappa shape index (κ2) is 9.02. The average molecular weight is 339 g/mol. The predicted molar refractivity (Wildman–Crippen MR) is 100 cm³/mol. The molecule has 132 valence electrons. The molecule has 0 spiro atoms. The molecule has 0 bridgehead atoms. The summed E-state index contributed by atoms with van der Waals surface area (Å²) >= 11 is 0. The van der Waals surface area contributed by atoms with E-state index in [2.05, 4.69) is 5.32 Å². The number of hydrogen-bond donors (Lipinski definition) is 1. The van der Waals surface area contributed by atoms with Gasteiger partial charge in [-0.05, 0) is 56.2 Å².